The number of fused-ring (bicyclic) bond motifs is 2. The van der Waals surface area contributed by atoms with Gasteiger partial charge in [0.15, 0.2) is 0 Å². The van der Waals surface area contributed by atoms with Crippen LogP contribution < -0.4 is 0 Å². The van der Waals surface area contributed by atoms with Crippen LogP contribution in [0.4, 0.5) is 0 Å². The molecule has 0 amide bonds. The summed E-state index contributed by atoms with van der Waals surface area (Å²) in [6.45, 7) is 6.82. The maximum absolute atomic E-state index is 12.2. The maximum Gasteiger partial charge on any atom is 0.307 e. The Balaban J connectivity index is 1.83. The smallest absolute Gasteiger partial charge is 0.307 e. The van der Waals surface area contributed by atoms with Gasteiger partial charge in [-0.3, -0.25) is 14.4 Å². The molecular formula is C18H24O8. The van der Waals surface area contributed by atoms with Crippen LogP contribution in [0, 0.1) is 17.8 Å². The van der Waals surface area contributed by atoms with E-state index in [2.05, 4.69) is 0 Å². The zero-order valence-electron chi connectivity index (χ0n) is 15.4. The first-order valence-electron chi connectivity index (χ1n) is 8.77. The summed E-state index contributed by atoms with van der Waals surface area (Å²) in [4.78, 5) is 35.0. The standard InChI is InChI=1S/C18H24O8/c1-9(2)5-15(21)26-14-6-12-13(24-10(3)19)7-22-17(25-11(4)20)16(12)18(14)8-23-18/h7,9,12,14,16-17H,5-6,8H2,1-4H3/t12-,14+,16-,17+,18-/m1/s1. The fourth-order valence-corrected chi connectivity index (χ4v) is 3.83. The molecule has 0 radical (unpaired) electrons. The average molecular weight is 368 g/mol. The Hall–Kier alpha value is -2.09. The molecule has 0 aromatic rings. The van der Waals surface area contributed by atoms with Gasteiger partial charge in [-0.15, -0.1) is 0 Å². The highest BCUT2D eigenvalue weighted by Crippen LogP contribution is 2.58. The zero-order chi connectivity index (χ0) is 19.1. The zero-order valence-corrected chi connectivity index (χ0v) is 15.4. The second-order valence-electron chi connectivity index (χ2n) is 7.42. The van der Waals surface area contributed by atoms with Crippen molar-refractivity contribution in [2.24, 2.45) is 17.8 Å². The summed E-state index contributed by atoms with van der Waals surface area (Å²) in [7, 11) is 0. The Morgan fingerprint density at radius 3 is 2.46 bits per heavy atom. The summed E-state index contributed by atoms with van der Waals surface area (Å²) in [5.74, 6) is -1.48. The SMILES string of the molecule is CC(=O)OC1=CO[C@@H](OC(C)=O)[C@H]2[C@@H]1C[C@H](OC(=O)CC(C)C)[C@]21CO1. The number of rotatable bonds is 5. The summed E-state index contributed by atoms with van der Waals surface area (Å²) in [5.41, 5.74) is -0.781. The molecule has 1 spiro atoms. The van der Waals surface area contributed by atoms with Gasteiger partial charge in [-0.05, 0) is 12.3 Å². The van der Waals surface area contributed by atoms with E-state index in [1.165, 1.54) is 20.1 Å². The largest absolute Gasteiger partial charge is 0.459 e. The van der Waals surface area contributed by atoms with Gasteiger partial charge < -0.3 is 23.7 Å². The molecule has 1 saturated heterocycles. The summed E-state index contributed by atoms with van der Waals surface area (Å²) in [5, 5.41) is 0. The Morgan fingerprint density at radius 1 is 1.23 bits per heavy atom. The van der Waals surface area contributed by atoms with E-state index >= 15 is 0 Å². The number of allylic oxidation sites excluding steroid dienone is 1. The van der Waals surface area contributed by atoms with Crippen LogP contribution in [0.5, 0.6) is 0 Å². The molecule has 0 aromatic heterocycles. The lowest BCUT2D eigenvalue weighted by molar-refractivity contribution is -0.193. The van der Waals surface area contributed by atoms with Gasteiger partial charge in [0.25, 0.3) is 0 Å². The van der Waals surface area contributed by atoms with Crippen LogP contribution in [-0.4, -0.2) is 42.5 Å². The fraction of sp³-hybridized carbons (Fsp3) is 0.722. The first-order chi connectivity index (χ1) is 12.2. The first kappa shape index (κ1) is 18.7. The van der Waals surface area contributed by atoms with E-state index in [1.54, 1.807) is 0 Å². The normalized spacial score (nSPS) is 34.6. The van der Waals surface area contributed by atoms with Crippen molar-refractivity contribution in [3.63, 3.8) is 0 Å². The number of carbonyl (C=O) groups excluding carboxylic acids is 3. The highest BCUT2D eigenvalue weighted by molar-refractivity contribution is 5.70. The van der Waals surface area contributed by atoms with Crippen LogP contribution in [0.1, 0.15) is 40.5 Å². The van der Waals surface area contributed by atoms with E-state index in [0.717, 1.165) is 0 Å². The maximum atomic E-state index is 12.2. The molecule has 5 atom stereocenters. The van der Waals surface area contributed by atoms with Crippen LogP contribution >= 0.6 is 0 Å². The highest BCUT2D eigenvalue weighted by atomic mass is 16.7. The number of hydrogen-bond donors (Lipinski definition) is 0. The van der Waals surface area contributed by atoms with Crippen molar-refractivity contribution in [1.82, 2.24) is 0 Å². The van der Waals surface area contributed by atoms with E-state index in [0.29, 0.717) is 25.2 Å². The number of hydrogen-bond acceptors (Lipinski definition) is 8. The molecule has 0 N–H and O–H groups in total. The molecule has 8 nitrogen and oxygen atoms in total. The van der Waals surface area contributed by atoms with Gasteiger partial charge in [0.05, 0.1) is 12.5 Å². The van der Waals surface area contributed by atoms with Crippen molar-refractivity contribution < 1.29 is 38.1 Å². The second kappa shape index (κ2) is 6.90. The third kappa shape index (κ3) is 3.56. The molecular weight excluding hydrogens is 344 g/mol. The molecule has 3 aliphatic rings. The number of esters is 3. The van der Waals surface area contributed by atoms with Gasteiger partial charge in [-0.2, -0.15) is 0 Å². The predicted molar refractivity (Wildman–Crippen MR) is 86.1 cm³/mol. The Labute approximate surface area is 151 Å². The molecule has 8 heteroatoms. The molecule has 0 bridgehead atoms. The lowest BCUT2D eigenvalue weighted by Crippen LogP contribution is -2.44. The minimum absolute atomic E-state index is 0.177. The molecule has 0 unspecified atom stereocenters. The van der Waals surface area contributed by atoms with Crippen LogP contribution in [0.15, 0.2) is 12.0 Å². The summed E-state index contributed by atoms with van der Waals surface area (Å²) in [6, 6.07) is 0. The summed E-state index contributed by atoms with van der Waals surface area (Å²) < 4.78 is 27.4. The van der Waals surface area contributed by atoms with E-state index in [1.807, 2.05) is 13.8 Å². The molecule has 2 aliphatic heterocycles. The molecule has 2 fully saturated rings. The monoisotopic (exact) mass is 368 g/mol. The number of ether oxygens (including phenoxy) is 5. The molecule has 3 rings (SSSR count). The van der Waals surface area contributed by atoms with Gasteiger partial charge >= 0.3 is 17.9 Å². The van der Waals surface area contributed by atoms with Crippen molar-refractivity contribution in [1.29, 1.82) is 0 Å². The van der Waals surface area contributed by atoms with Crippen molar-refractivity contribution in [3.05, 3.63) is 12.0 Å². The molecule has 0 aromatic carbocycles. The van der Waals surface area contributed by atoms with Crippen LogP contribution in [0.3, 0.4) is 0 Å². The lowest BCUT2D eigenvalue weighted by atomic mass is 9.86. The van der Waals surface area contributed by atoms with Crippen LogP contribution in [0.25, 0.3) is 0 Å². The number of epoxide rings is 1. The van der Waals surface area contributed by atoms with Crippen molar-refractivity contribution >= 4 is 17.9 Å². The van der Waals surface area contributed by atoms with Crippen molar-refractivity contribution in [3.8, 4) is 0 Å². The van der Waals surface area contributed by atoms with Crippen molar-refractivity contribution in [2.45, 2.75) is 58.5 Å². The Kier molecular flexibility index (Phi) is 4.96. The van der Waals surface area contributed by atoms with E-state index in [9.17, 15) is 14.4 Å². The molecule has 1 saturated carbocycles. The molecule has 1 aliphatic carbocycles. The number of carbonyl (C=O) groups is 3. The quantitative estimate of drug-likeness (QED) is 0.410. The third-order valence-electron chi connectivity index (χ3n) is 4.86. The van der Waals surface area contributed by atoms with Gasteiger partial charge in [0.2, 0.25) is 6.29 Å². The van der Waals surface area contributed by atoms with E-state index in [4.69, 9.17) is 23.7 Å². The van der Waals surface area contributed by atoms with Gasteiger partial charge in [-0.25, -0.2) is 0 Å². The van der Waals surface area contributed by atoms with E-state index in [-0.39, 0.29) is 17.8 Å². The van der Waals surface area contributed by atoms with Crippen LogP contribution in [0.2, 0.25) is 0 Å². The average Bonchev–Trinajstić information content (AvgIpc) is 3.21. The fourth-order valence-electron chi connectivity index (χ4n) is 3.83. The summed E-state index contributed by atoms with van der Waals surface area (Å²) >= 11 is 0. The van der Waals surface area contributed by atoms with Gasteiger partial charge in [-0.1, -0.05) is 13.8 Å². The molecule has 144 valence electrons. The van der Waals surface area contributed by atoms with Gasteiger partial charge in [0.1, 0.15) is 23.7 Å². The minimum atomic E-state index is -0.881. The van der Waals surface area contributed by atoms with Gasteiger partial charge in [0, 0.05) is 26.2 Å². The first-order valence-corrected chi connectivity index (χ1v) is 8.77. The highest BCUT2D eigenvalue weighted by Gasteiger charge is 2.71. The van der Waals surface area contributed by atoms with Crippen molar-refractivity contribution in [2.75, 3.05) is 6.61 Å². The predicted octanol–water partition coefficient (Wildman–Crippen LogP) is 1.67. The molecule has 26 heavy (non-hydrogen) atoms. The second-order valence-corrected chi connectivity index (χ2v) is 7.42. The summed E-state index contributed by atoms with van der Waals surface area (Å²) in [6.07, 6.45) is 0.619. The van der Waals surface area contributed by atoms with Crippen LogP contribution in [-0.2, 0) is 38.1 Å². The third-order valence-corrected chi connectivity index (χ3v) is 4.86. The van der Waals surface area contributed by atoms with E-state index < -0.39 is 35.9 Å². The lowest BCUT2D eigenvalue weighted by Gasteiger charge is -2.34. The Bertz CT molecular complexity index is 633. The Morgan fingerprint density at radius 2 is 1.92 bits per heavy atom. The molecule has 2 heterocycles. The minimum Gasteiger partial charge on any atom is -0.459 e. The topological polar surface area (TPSA) is 101 Å².